The minimum absolute atomic E-state index is 0.237. The first kappa shape index (κ1) is 21.6. The van der Waals surface area contributed by atoms with Gasteiger partial charge in [-0.05, 0) is 49.0 Å². The van der Waals surface area contributed by atoms with Crippen LogP contribution in [0.2, 0.25) is 0 Å². The van der Waals surface area contributed by atoms with Crippen LogP contribution in [0.25, 0.3) is 16.3 Å². The first-order valence-corrected chi connectivity index (χ1v) is 12.4. The van der Waals surface area contributed by atoms with Gasteiger partial charge in [-0.25, -0.2) is 13.4 Å². The molecule has 0 spiro atoms. The first-order valence-electron chi connectivity index (χ1n) is 10.1. The number of amides is 1. The van der Waals surface area contributed by atoms with E-state index in [1.165, 1.54) is 33.9 Å². The molecule has 0 bridgehead atoms. The Morgan fingerprint density at radius 2 is 1.81 bits per heavy atom. The zero-order valence-corrected chi connectivity index (χ0v) is 18.8. The summed E-state index contributed by atoms with van der Waals surface area (Å²) in [6.45, 7) is 5.47. The second-order valence-electron chi connectivity index (χ2n) is 7.21. The van der Waals surface area contributed by atoms with Gasteiger partial charge < -0.3 is 10.2 Å². The molecule has 2 aromatic carbocycles. The number of rotatable bonds is 6. The highest BCUT2D eigenvalue weighted by molar-refractivity contribution is 7.89. The number of nitrogens with one attached hydrogen (secondary N) is 1. The molecule has 0 radical (unpaired) electrons. The molecular weight excluding hydrogens is 432 g/mol. The molecule has 0 saturated carbocycles. The minimum Gasteiger partial charge on any atom is -0.323 e. The van der Waals surface area contributed by atoms with Gasteiger partial charge in [-0.15, -0.1) is 11.3 Å². The largest absolute Gasteiger partial charge is 0.323 e. The number of aromatic nitrogens is 1. The standard InChI is InChI=1S/C22H24N4O3S2/c1-2-25-13-15-26(16-14-25)31(28,29)18-9-7-17(8-10-18)23-21(27)11-12-22-24-19-5-3-4-6-20(19)30-22/h3-12H,2,13-16H2,1H3,(H,23,27)/b12-11+. The third-order valence-corrected chi connectivity index (χ3v) is 8.14. The van der Waals surface area contributed by atoms with Crippen LogP contribution in [-0.4, -0.2) is 61.2 Å². The maximum atomic E-state index is 12.9. The van der Waals surface area contributed by atoms with E-state index in [1.54, 1.807) is 18.2 Å². The van der Waals surface area contributed by atoms with Crippen LogP contribution < -0.4 is 5.32 Å². The molecule has 31 heavy (non-hydrogen) atoms. The lowest BCUT2D eigenvalue weighted by Crippen LogP contribution is -2.48. The van der Waals surface area contributed by atoms with Crippen LogP contribution in [-0.2, 0) is 14.8 Å². The van der Waals surface area contributed by atoms with Crippen LogP contribution in [0.15, 0.2) is 59.5 Å². The molecular formula is C22H24N4O3S2. The fraction of sp³-hybridized carbons (Fsp3) is 0.273. The maximum absolute atomic E-state index is 12.9. The van der Waals surface area contributed by atoms with Crippen molar-refractivity contribution in [3.05, 3.63) is 59.6 Å². The molecule has 4 rings (SSSR count). The topological polar surface area (TPSA) is 82.6 Å². The van der Waals surface area contributed by atoms with E-state index in [4.69, 9.17) is 0 Å². The number of nitrogens with zero attached hydrogens (tertiary/aromatic N) is 3. The van der Waals surface area contributed by atoms with Crippen molar-refractivity contribution < 1.29 is 13.2 Å². The molecule has 1 aliphatic heterocycles. The minimum atomic E-state index is -3.52. The molecule has 9 heteroatoms. The van der Waals surface area contributed by atoms with Crippen LogP contribution in [0.5, 0.6) is 0 Å². The fourth-order valence-corrected chi connectivity index (χ4v) is 5.73. The number of fused-ring (bicyclic) bond motifs is 1. The average molecular weight is 457 g/mol. The molecule has 1 aromatic heterocycles. The smallest absolute Gasteiger partial charge is 0.248 e. The van der Waals surface area contributed by atoms with E-state index in [2.05, 4.69) is 22.1 Å². The quantitative estimate of drug-likeness (QED) is 0.576. The van der Waals surface area contributed by atoms with E-state index < -0.39 is 10.0 Å². The molecule has 162 valence electrons. The molecule has 1 aliphatic rings. The highest BCUT2D eigenvalue weighted by Gasteiger charge is 2.27. The van der Waals surface area contributed by atoms with Crippen LogP contribution in [0, 0.1) is 0 Å². The van der Waals surface area contributed by atoms with Gasteiger partial charge in [0, 0.05) is 37.9 Å². The predicted octanol–water partition coefficient (Wildman–Crippen LogP) is 3.27. The van der Waals surface area contributed by atoms with Gasteiger partial charge in [0.05, 0.1) is 15.1 Å². The summed E-state index contributed by atoms with van der Waals surface area (Å²) >= 11 is 1.51. The normalized spacial score (nSPS) is 16.2. The molecule has 0 unspecified atom stereocenters. The van der Waals surface area contributed by atoms with E-state index in [1.807, 2.05) is 24.3 Å². The molecule has 7 nitrogen and oxygen atoms in total. The third-order valence-electron chi connectivity index (χ3n) is 5.23. The van der Waals surface area contributed by atoms with Crippen molar-refractivity contribution in [2.24, 2.45) is 0 Å². The summed E-state index contributed by atoms with van der Waals surface area (Å²) in [7, 11) is -3.52. The Morgan fingerprint density at radius 3 is 2.48 bits per heavy atom. The van der Waals surface area contributed by atoms with Crippen molar-refractivity contribution in [3.63, 3.8) is 0 Å². The van der Waals surface area contributed by atoms with Gasteiger partial charge in [-0.1, -0.05) is 19.1 Å². The van der Waals surface area contributed by atoms with E-state index in [-0.39, 0.29) is 10.8 Å². The van der Waals surface area contributed by atoms with E-state index >= 15 is 0 Å². The molecule has 2 heterocycles. The lowest BCUT2D eigenvalue weighted by Gasteiger charge is -2.33. The van der Waals surface area contributed by atoms with Crippen LogP contribution in [0.3, 0.4) is 0 Å². The average Bonchev–Trinajstić information content (AvgIpc) is 3.21. The molecule has 3 aromatic rings. The number of anilines is 1. The maximum Gasteiger partial charge on any atom is 0.248 e. The highest BCUT2D eigenvalue weighted by Crippen LogP contribution is 2.23. The van der Waals surface area contributed by atoms with Crippen LogP contribution in [0.4, 0.5) is 5.69 Å². The SMILES string of the molecule is CCN1CCN(S(=O)(=O)c2ccc(NC(=O)/C=C/c3nc4ccccc4s3)cc2)CC1. The summed E-state index contributed by atoms with van der Waals surface area (Å²) in [5.74, 6) is -0.300. The number of benzene rings is 2. The summed E-state index contributed by atoms with van der Waals surface area (Å²) in [6, 6.07) is 14.1. The van der Waals surface area contributed by atoms with Gasteiger partial charge in [0.2, 0.25) is 15.9 Å². The van der Waals surface area contributed by atoms with Crippen LogP contribution >= 0.6 is 11.3 Å². The molecule has 1 N–H and O–H groups in total. The number of carbonyl (C=O) groups excluding carboxylic acids is 1. The molecule has 1 saturated heterocycles. The molecule has 0 aliphatic carbocycles. The highest BCUT2D eigenvalue weighted by atomic mass is 32.2. The molecule has 1 fully saturated rings. The van der Waals surface area contributed by atoms with Crippen molar-refractivity contribution in [1.82, 2.24) is 14.2 Å². The van der Waals surface area contributed by atoms with Gasteiger partial charge in [0.15, 0.2) is 0 Å². The second kappa shape index (κ2) is 9.27. The Labute approximate surface area is 186 Å². The van der Waals surface area contributed by atoms with Crippen molar-refractivity contribution in [2.45, 2.75) is 11.8 Å². The van der Waals surface area contributed by atoms with Crippen molar-refractivity contribution in [1.29, 1.82) is 0 Å². The number of carbonyl (C=O) groups is 1. The Bertz CT molecular complexity index is 1160. The summed E-state index contributed by atoms with van der Waals surface area (Å²) in [5.41, 5.74) is 1.44. The monoisotopic (exact) mass is 456 g/mol. The summed E-state index contributed by atoms with van der Waals surface area (Å²) < 4.78 is 28.3. The van der Waals surface area contributed by atoms with Crippen molar-refractivity contribution in [3.8, 4) is 0 Å². The zero-order valence-electron chi connectivity index (χ0n) is 17.2. The molecule has 1 amide bonds. The first-order chi connectivity index (χ1) is 15.0. The van der Waals surface area contributed by atoms with Gasteiger partial charge in [0.1, 0.15) is 5.01 Å². The summed E-state index contributed by atoms with van der Waals surface area (Å²) in [6.07, 6.45) is 3.10. The second-order valence-corrected chi connectivity index (χ2v) is 10.2. The summed E-state index contributed by atoms with van der Waals surface area (Å²) in [5, 5.41) is 3.50. The number of likely N-dealkylation sites (N-methyl/N-ethyl adjacent to an activating group) is 1. The van der Waals surface area contributed by atoms with Crippen molar-refractivity contribution in [2.75, 3.05) is 38.0 Å². The number of para-hydroxylation sites is 1. The fourth-order valence-electron chi connectivity index (χ4n) is 3.44. The van der Waals surface area contributed by atoms with Gasteiger partial charge >= 0.3 is 0 Å². The Morgan fingerprint density at radius 1 is 1.10 bits per heavy atom. The van der Waals surface area contributed by atoms with E-state index in [0.717, 1.165) is 34.9 Å². The zero-order chi connectivity index (χ0) is 21.8. The summed E-state index contributed by atoms with van der Waals surface area (Å²) in [4.78, 5) is 19.2. The number of hydrogen-bond donors (Lipinski definition) is 1. The Hall–Kier alpha value is -2.59. The number of sulfonamides is 1. The van der Waals surface area contributed by atoms with E-state index in [0.29, 0.717) is 18.8 Å². The number of thiazole rings is 1. The van der Waals surface area contributed by atoms with Gasteiger partial charge in [-0.3, -0.25) is 4.79 Å². The van der Waals surface area contributed by atoms with E-state index in [9.17, 15) is 13.2 Å². The van der Waals surface area contributed by atoms with Gasteiger partial charge in [-0.2, -0.15) is 4.31 Å². The lowest BCUT2D eigenvalue weighted by atomic mass is 10.3. The predicted molar refractivity (Wildman–Crippen MR) is 125 cm³/mol. The number of piperazine rings is 1. The number of hydrogen-bond acceptors (Lipinski definition) is 6. The Balaban J connectivity index is 1.38. The lowest BCUT2D eigenvalue weighted by molar-refractivity contribution is -0.111. The molecule has 0 atom stereocenters. The van der Waals surface area contributed by atoms with Crippen molar-refractivity contribution >= 4 is 49.2 Å². The third kappa shape index (κ3) is 5.01. The van der Waals surface area contributed by atoms with Gasteiger partial charge in [0.25, 0.3) is 0 Å². The van der Waals surface area contributed by atoms with Crippen LogP contribution in [0.1, 0.15) is 11.9 Å². The Kier molecular flexibility index (Phi) is 6.47.